The third kappa shape index (κ3) is 4.75. The van der Waals surface area contributed by atoms with E-state index in [0.29, 0.717) is 5.69 Å². The Balaban J connectivity index is 1.97. The summed E-state index contributed by atoms with van der Waals surface area (Å²) in [4.78, 5) is 12.3. The van der Waals surface area contributed by atoms with Crippen LogP contribution in [-0.2, 0) is 4.79 Å². The van der Waals surface area contributed by atoms with Crippen LogP contribution in [0.5, 0.6) is 11.5 Å². The highest BCUT2D eigenvalue weighted by Crippen LogP contribution is 2.22. The van der Waals surface area contributed by atoms with Crippen molar-refractivity contribution in [1.29, 1.82) is 0 Å². The molecular weight excluding hydrogens is 302 g/mol. The summed E-state index contributed by atoms with van der Waals surface area (Å²) < 4.78 is 11.4. The zero-order valence-corrected chi connectivity index (χ0v) is 14.9. The zero-order chi connectivity index (χ0) is 17.7. The van der Waals surface area contributed by atoms with E-state index >= 15 is 0 Å². The summed E-state index contributed by atoms with van der Waals surface area (Å²) in [6, 6.07) is 13.1. The Morgan fingerprint density at radius 3 is 2.25 bits per heavy atom. The SMILES string of the molecule is Cc1cccc(OC(C)C(=O)Nc2ccc(OC(C)C)cc2)c1C. The second-order valence-electron chi connectivity index (χ2n) is 6.14. The lowest BCUT2D eigenvalue weighted by atomic mass is 10.1. The molecule has 0 spiro atoms. The maximum Gasteiger partial charge on any atom is 0.265 e. The summed E-state index contributed by atoms with van der Waals surface area (Å²) in [5, 5.41) is 2.86. The summed E-state index contributed by atoms with van der Waals surface area (Å²) in [5.41, 5.74) is 2.90. The molecule has 1 N–H and O–H groups in total. The molecule has 2 aromatic carbocycles. The lowest BCUT2D eigenvalue weighted by Crippen LogP contribution is -2.30. The van der Waals surface area contributed by atoms with Crippen LogP contribution in [0, 0.1) is 13.8 Å². The summed E-state index contributed by atoms with van der Waals surface area (Å²) >= 11 is 0. The Kier molecular flexibility index (Phi) is 5.85. The van der Waals surface area contributed by atoms with E-state index in [2.05, 4.69) is 5.32 Å². The first kappa shape index (κ1) is 17.9. The number of ether oxygens (including phenoxy) is 2. The van der Waals surface area contributed by atoms with Crippen molar-refractivity contribution in [2.24, 2.45) is 0 Å². The van der Waals surface area contributed by atoms with Crippen LogP contribution in [0.15, 0.2) is 42.5 Å². The molecule has 2 aromatic rings. The van der Waals surface area contributed by atoms with E-state index in [-0.39, 0.29) is 12.0 Å². The Labute approximate surface area is 143 Å². The quantitative estimate of drug-likeness (QED) is 0.850. The molecule has 0 aromatic heterocycles. The first-order valence-corrected chi connectivity index (χ1v) is 8.17. The maximum absolute atomic E-state index is 12.3. The van der Waals surface area contributed by atoms with E-state index in [1.54, 1.807) is 6.92 Å². The van der Waals surface area contributed by atoms with Crippen molar-refractivity contribution in [3.05, 3.63) is 53.6 Å². The maximum atomic E-state index is 12.3. The Bertz CT molecular complexity index is 693. The van der Waals surface area contributed by atoms with E-state index in [1.807, 2.05) is 70.2 Å². The minimum atomic E-state index is -0.586. The van der Waals surface area contributed by atoms with Gasteiger partial charge in [-0.05, 0) is 76.1 Å². The van der Waals surface area contributed by atoms with Crippen molar-refractivity contribution >= 4 is 11.6 Å². The number of carbonyl (C=O) groups excluding carboxylic acids is 1. The number of aryl methyl sites for hydroxylation is 1. The molecule has 1 unspecified atom stereocenters. The molecule has 0 radical (unpaired) electrons. The number of hydrogen-bond acceptors (Lipinski definition) is 3. The van der Waals surface area contributed by atoms with Gasteiger partial charge in [0.25, 0.3) is 5.91 Å². The van der Waals surface area contributed by atoms with Crippen LogP contribution in [0.25, 0.3) is 0 Å². The van der Waals surface area contributed by atoms with Crippen molar-refractivity contribution < 1.29 is 14.3 Å². The molecule has 0 saturated carbocycles. The Morgan fingerprint density at radius 2 is 1.62 bits per heavy atom. The van der Waals surface area contributed by atoms with Crippen molar-refractivity contribution in [3.63, 3.8) is 0 Å². The second kappa shape index (κ2) is 7.86. The molecule has 0 aliphatic heterocycles. The molecule has 4 heteroatoms. The monoisotopic (exact) mass is 327 g/mol. The molecule has 0 bridgehead atoms. The van der Waals surface area contributed by atoms with Crippen LogP contribution < -0.4 is 14.8 Å². The summed E-state index contributed by atoms with van der Waals surface area (Å²) in [6.07, 6.45) is -0.464. The summed E-state index contributed by atoms with van der Waals surface area (Å²) in [6.45, 7) is 9.70. The van der Waals surface area contributed by atoms with Gasteiger partial charge in [0.1, 0.15) is 11.5 Å². The average molecular weight is 327 g/mol. The lowest BCUT2D eigenvalue weighted by molar-refractivity contribution is -0.122. The van der Waals surface area contributed by atoms with Crippen LogP contribution in [0.4, 0.5) is 5.69 Å². The fourth-order valence-corrected chi connectivity index (χ4v) is 2.23. The molecule has 2 rings (SSSR count). The fourth-order valence-electron chi connectivity index (χ4n) is 2.23. The van der Waals surface area contributed by atoms with Gasteiger partial charge < -0.3 is 14.8 Å². The summed E-state index contributed by atoms with van der Waals surface area (Å²) in [7, 11) is 0. The van der Waals surface area contributed by atoms with E-state index < -0.39 is 6.10 Å². The number of carbonyl (C=O) groups is 1. The van der Waals surface area contributed by atoms with Gasteiger partial charge in [0.2, 0.25) is 0 Å². The van der Waals surface area contributed by atoms with Crippen LogP contribution in [0.3, 0.4) is 0 Å². The standard InChI is InChI=1S/C20H25NO3/c1-13(2)23-18-11-9-17(10-12-18)21-20(22)16(5)24-19-8-6-7-14(3)15(19)4/h6-13,16H,1-5H3,(H,21,22). The van der Waals surface area contributed by atoms with Crippen LogP contribution in [0.2, 0.25) is 0 Å². The summed E-state index contributed by atoms with van der Waals surface area (Å²) in [5.74, 6) is 1.33. The first-order chi connectivity index (χ1) is 11.4. The smallest absolute Gasteiger partial charge is 0.265 e. The second-order valence-corrected chi connectivity index (χ2v) is 6.14. The number of benzene rings is 2. The highest BCUT2D eigenvalue weighted by Gasteiger charge is 2.16. The molecule has 0 fully saturated rings. The van der Waals surface area contributed by atoms with E-state index in [0.717, 1.165) is 22.6 Å². The predicted molar refractivity (Wildman–Crippen MR) is 96.8 cm³/mol. The van der Waals surface area contributed by atoms with Gasteiger partial charge in [-0.1, -0.05) is 12.1 Å². The highest BCUT2D eigenvalue weighted by atomic mass is 16.5. The van der Waals surface area contributed by atoms with E-state index in [9.17, 15) is 4.79 Å². The number of amides is 1. The normalized spacial score (nSPS) is 11.9. The highest BCUT2D eigenvalue weighted by molar-refractivity contribution is 5.94. The molecule has 0 aliphatic carbocycles. The number of anilines is 1. The van der Waals surface area contributed by atoms with Crippen molar-refractivity contribution in [2.75, 3.05) is 5.32 Å². The van der Waals surface area contributed by atoms with Gasteiger partial charge >= 0.3 is 0 Å². The molecule has 4 nitrogen and oxygen atoms in total. The van der Waals surface area contributed by atoms with Crippen LogP contribution >= 0.6 is 0 Å². The average Bonchev–Trinajstić information content (AvgIpc) is 2.53. The van der Waals surface area contributed by atoms with Gasteiger partial charge in [0.15, 0.2) is 6.10 Å². The third-order valence-corrected chi connectivity index (χ3v) is 3.72. The lowest BCUT2D eigenvalue weighted by Gasteiger charge is -2.17. The van der Waals surface area contributed by atoms with E-state index in [1.165, 1.54) is 0 Å². The number of rotatable bonds is 6. The molecule has 24 heavy (non-hydrogen) atoms. The molecule has 1 atom stereocenters. The third-order valence-electron chi connectivity index (χ3n) is 3.72. The Hall–Kier alpha value is -2.49. The van der Waals surface area contributed by atoms with Crippen molar-refractivity contribution in [2.45, 2.75) is 46.8 Å². The van der Waals surface area contributed by atoms with Gasteiger partial charge in [-0.25, -0.2) is 0 Å². The number of nitrogens with one attached hydrogen (secondary N) is 1. The van der Waals surface area contributed by atoms with Gasteiger partial charge in [0, 0.05) is 5.69 Å². The van der Waals surface area contributed by atoms with Crippen molar-refractivity contribution in [1.82, 2.24) is 0 Å². The minimum absolute atomic E-state index is 0.122. The largest absolute Gasteiger partial charge is 0.491 e. The molecule has 0 saturated heterocycles. The molecular formula is C20H25NO3. The first-order valence-electron chi connectivity index (χ1n) is 8.17. The number of hydrogen-bond donors (Lipinski definition) is 1. The van der Waals surface area contributed by atoms with Crippen molar-refractivity contribution in [3.8, 4) is 11.5 Å². The zero-order valence-electron chi connectivity index (χ0n) is 14.9. The molecule has 0 aliphatic rings. The van der Waals surface area contributed by atoms with Gasteiger partial charge in [0.05, 0.1) is 6.10 Å². The molecule has 1 amide bonds. The van der Waals surface area contributed by atoms with Crippen LogP contribution in [0.1, 0.15) is 31.9 Å². The molecule has 0 heterocycles. The minimum Gasteiger partial charge on any atom is -0.491 e. The van der Waals surface area contributed by atoms with Gasteiger partial charge in [-0.3, -0.25) is 4.79 Å². The molecule has 128 valence electrons. The fraction of sp³-hybridized carbons (Fsp3) is 0.350. The van der Waals surface area contributed by atoms with E-state index in [4.69, 9.17) is 9.47 Å². The van der Waals surface area contributed by atoms with Crippen LogP contribution in [-0.4, -0.2) is 18.1 Å². The van der Waals surface area contributed by atoms with Gasteiger partial charge in [-0.15, -0.1) is 0 Å². The van der Waals surface area contributed by atoms with Gasteiger partial charge in [-0.2, -0.15) is 0 Å². The Morgan fingerprint density at radius 1 is 0.958 bits per heavy atom. The topological polar surface area (TPSA) is 47.6 Å². The predicted octanol–water partition coefficient (Wildman–Crippen LogP) is 4.50.